The van der Waals surface area contributed by atoms with Crippen molar-refractivity contribution in [3.63, 3.8) is 0 Å². The van der Waals surface area contributed by atoms with Gasteiger partial charge in [0.25, 0.3) is 6.02 Å². The molecule has 5 aromatic rings. The second-order valence-electron chi connectivity index (χ2n) is 9.71. The van der Waals surface area contributed by atoms with Crippen molar-refractivity contribution in [3.8, 4) is 11.6 Å². The number of aromatic nitrogens is 6. The monoisotopic (exact) mass is 508 g/mol. The number of aliphatic imine (C=N–C) groups is 1. The smallest absolute Gasteiger partial charge is 0.290 e. The maximum absolute atomic E-state index is 5.99. The van der Waals surface area contributed by atoms with E-state index in [9.17, 15) is 0 Å². The van der Waals surface area contributed by atoms with Gasteiger partial charge in [-0.05, 0) is 55.9 Å². The molecule has 0 saturated carbocycles. The number of nitrogens with zero attached hydrogens (tertiary/aromatic N) is 8. The lowest BCUT2D eigenvalue weighted by Crippen LogP contribution is -2.59. The molecule has 2 aliphatic heterocycles. The Morgan fingerprint density at radius 2 is 1.84 bits per heavy atom. The van der Waals surface area contributed by atoms with Crippen molar-refractivity contribution in [2.45, 2.75) is 12.5 Å². The van der Waals surface area contributed by atoms with Crippen LogP contribution in [-0.2, 0) is 4.74 Å². The number of likely N-dealkylation sites (tertiary alicyclic amines) is 1. The molecule has 0 bridgehead atoms. The van der Waals surface area contributed by atoms with Gasteiger partial charge >= 0.3 is 0 Å². The first kappa shape index (κ1) is 22.4. The Hall–Kier alpha value is -4.84. The van der Waals surface area contributed by atoms with Crippen molar-refractivity contribution >= 4 is 39.8 Å². The molecule has 5 heterocycles. The third-order valence-corrected chi connectivity index (χ3v) is 6.65. The topological polar surface area (TPSA) is 127 Å². The van der Waals surface area contributed by atoms with Crippen LogP contribution >= 0.6 is 0 Å². The molecule has 1 fully saturated rings. The van der Waals surface area contributed by atoms with E-state index in [2.05, 4.69) is 47.7 Å². The predicted octanol–water partition coefficient (Wildman–Crippen LogP) is 3.39. The van der Waals surface area contributed by atoms with E-state index in [1.54, 1.807) is 29.4 Å². The molecule has 190 valence electrons. The second-order valence-corrected chi connectivity index (χ2v) is 9.71. The fourth-order valence-electron chi connectivity index (χ4n) is 4.88. The van der Waals surface area contributed by atoms with Crippen molar-refractivity contribution in [1.29, 1.82) is 0 Å². The van der Waals surface area contributed by atoms with E-state index in [4.69, 9.17) is 14.5 Å². The van der Waals surface area contributed by atoms with E-state index in [-0.39, 0.29) is 5.54 Å². The molecule has 0 atom stereocenters. The van der Waals surface area contributed by atoms with Crippen LogP contribution in [-0.4, -0.2) is 72.8 Å². The van der Waals surface area contributed by atoms with Crippen LogP contribution in [0.4, 0.5) is 17.2 Å². The van der Waals surface area contributed by atoms with Crippen LogP contribution in [0.3, 0.4) is 0 Å². The first-order chi connectivity index (χ1) is 18.5. The number of aryl methyl sites for hydroxylation is 1. The average molecular weight is 509 g/mol. The number of hydrogen-bond donors (Lipinski definition) is 2. The molecule has 12 heteroatoms. The largest absolute Gasteiger partial charge is 0.462 e. The maximum atomic E-state index is 5.99. The summed E-state index contributed by atoms with van der Waals surface area (Å²) in [6, 6.07) is 14.0. The summed E-state index contributed by atoms with van der Waals surface area (Å²) in [6.07, 6.45) is 4.76. The summed E-state index contributed by atoms with van der Waals surface area (Å²) < 4.78 is 13.5. The number of benzene rings is 2. The van der Waals surface area contributed by atoms with Crippen molar-refractivity contribution in [1.82, 2.24) is 34.4 Å². The number of fused-ring (bicyclic) bond motifs is 2. The van der Waals surface area contributed by atoms with E-state index in [1.165, 1.54) is 0 Å². The third-order valence-electron chi connectivity index (χ3n) is 6.65. The van der Waals surface area contributed by atoms with Gasteiger partial charge in [-0.2, -0.15) is 0 Å². The number of nitrogens with one attached hydrogen (secondary N) is 2. The van der Waals surface area contributed by atoms with Gasteiger partial charge in [0.1, 0.15) is 42.7 Å². The summed E-state index contributed by atoms with van der Waals surface area (Å²) >= 11 is 0. The number of amidine groups is 1. The maximum Gasteiger partial charge on any atom is 0.290 e. The Kier molecular flexibility index (Phi) is 5.08. The van der Waals surface area contributed by atoms with Gasteiger partial charge in [0, 0.05) is 35.9 Å². The molecule has 3 aromatic heterocycles. The predicted molar refractivity (Wildman–Crippen MR) is 142 cm³/mol. The minimum absolute atomic E-state index is 0.114. The third kappa shape index (κ3) is 4.10. The Morgan fingerprint density at radius 3 is 2.71 bits per heavy atom. The van der Waals surface area contributed by atoms with Gasteiger partial charge in [0.05, 0.1) is 5.52 Å². The average Bonchev–Trinajstić information content (AvgIpc) is 3.53. The van der Waals surface area contributed by atoms with Gasteiger partial charge in [-0.15, -0.1) is 10.2 Å². The van der Waals surface area contributed by atoms with Gasteiger partial charge in [-0.3, -0.25) is 4.40 Å². The van der Waals surface area contributed by atoms with Gasteiger partial charge in [-0.25, -0.2) is 19.9 Å². The highest BCUT2D eigenvalue weighted by atomic mass is 16.5. The molecule has 2 aromatic carbocycles. The van der Waals surface area contributed by atoms with Crippen LogP contribution in [0.1, 0.15) is 5.56 Å². The Morgan fingerprint density at radius 1 is 0.974 bits per heavy atom. The summed E-state index contributed by atoms with van der Waals surface area (Å²) in [5.74, 6) is 1.83. The van der Waals surface area contributed by atoms with Crippen LogP contribution in [0.25, 0.3) is 16.6 Å². The fraction of sp³-hybridized carbons (Fsp3) is 0.231. The van der Waals surface area contributed by atoms with E-state index in [0.717, 1.165) is 40.9 Å². The first-order valence-electron chi connectivity index (χ1n) is 12.2. The molecule has 1 saturated heterocycles. The standard InChI is InChI=1S/C26H24N10O2/c1-16-7-17(4-6-21(16)38-23-9-22-34-30-15-36(22)14-29-23)31-24-19-8-18(3-5-20(19)27-13-28-24)32-25-33-26(12-37-25)10-35(2)11-26/h3-9,13-15H,10-12H2,1-2H3,(H,32,33)(H,27,28,31). The molecule has 0 amide bonds. The molecule has 1 spiro atoms. The van der Waals surface area contributed by atoms with Gasteiger partial charge in [0.15, 0.2) is 5.65 Å². The molecule has 0 radical (unpaired) electrons. The molecule has 2 aliphatic rings. The van der Waals surface area contributed by atoms with Crippen molar-refractivity contribution in [2.24, 2.45) is 4.99 Å². The van der Waals surface area contributed by atoms with E-state index in [0.29, 0.717) is 35.7 Å². The van der Waals surface area contributed by atoms with Crippen molar-refractivity contribution < 1.29 is 9.47 Å². The zero-order chi connectivity index (χ0) is 25.7. The van der Waals surface area contributed by atoms with Crippen LogP contribution in [0.5, 0.6) is 11.6 Å². The summed E-state index contributed by atoms with van der Waals surface area (Å²) in [7, 11) is 2.09. The van der Waals surface area contributed by atoms with Crippen LogP contribution in [0.15, 0.2) is 66.4 Å². The Balaban J connectivity index is 1.11. The molecule has 0 aliphatic carbocycles. The normalized spacial score (nSPS) is 16.3. The van der Waals surface area contributed by atoms with Crippen molar-refractivity contribution in [2.75, 3.05) is 37.4 Å². The lowest BCUT2D eigenvalue weighted by molar-refractivity contribution is 0.0754. The lowest BCUT2D eigenvalue weighted by atomic mass is 9.93. The summed E-state index contributed by atoms with van der Waals surface area (Å²) in [6.45, 7) is 4.40. The highest BCUT2D eigenvalue weighted by Gasteiger charge is 2.46. The zero-order valence-corrected chi connectivity index (χ0v) is 20.8. The van der Waals surface area contributed by atoms with Gasteiger partial charge in [-0.1, -0.05) is 0 Å². The Bertz CT molecular complexity index is 1710. The van der Waals surface area contributed by atoms with Crippen LogP contribution < -0.4 is 15.4 Å². The van der Waals surface area contributed by atoms with E-state index >= 15 is 0 Å². The van der Waals surface area contributed by atoms with Crippen molar-refractivity contribution in [3.05, 3.63) is 67.0 Å². The molecule has 7 rings (SSSR count). The minimum atomic E-state index is -0.114. The first-order valence-corrected chi connectivity index (χ1v) is 12.2. The number of hydrogen-bond acceptors (Lipinski definition) is 11. The van der Waals surface area contributed by atoms with E-state index in [1.807, 2.05) is 43.3 Å². The summed E-state index contributed by atoms with van der Waals surface area (Å²) in [4.78, 5) is 20.2. The second kappa shape index (κ2) is 8.63. The van der Waals surface area contributed by atoms with Gasteiger partial charge in [0.2, 0.25) is 5.88 Å². The van der Waals surface area contributed by atoms with Crippen LogP contribution in [0, 0.1) is 6.92 Å². The SMILES string of the molecule is Cc1cc(Nc2ncnc3ccc(NC4=NC5(CO4)CN(C)C5)cc23)ccc1Oc1cc2nncn2cn1. The number of ether oxygens (including phenoxy) is 2. The minimum Gasteiger partial charge on any atom is -0.462 e. The summed E-state index contributed by atoms with van der Waals surface area (Å²) in [5, 5.41) is 15.5. The number of anilines is 3. The molecular formula is C26H24N10O2. The molecule has 0 unspecified atom stereocenters. The number of rotatable bonds is 5. The summed E-state index contributed by atoms with van der Waals surface area (Å²) in [5.41, 5.74) is 4.04. The fourth-order valence-corrected chi connectivity index (χ4v) is 4.88. The zero-order valence-electron chi connectivity index (χ0n) is 20.8. The highest BCUT2D eigenvalue weighted by molar-refractivity contribution is 5.97. The number of likely N-dealkylation sites (N-methyl/N-ethyl adjacent to an activating group) is 1. The quantitative estimate of drug-likeness (QED) is 0.365. The highest BCUT2D eigenvalue weighted by Crippen LogP contribution is 2.32. The molecule has 2 N–H and O–H groups in total. The van der Waals surface area contributed by atoms with E-state index < -0.39 is 0 Å². The Labute approximate surface area is 217 Å². The van der Waals surface area contributed by atoms with Gasteiger partial charge < -0.3 is 25.0 Å². The lowest BCUT2D eigenvalue weighted by Gasteiger charge is -2.41. The molecule has 12 nitrogen and oxygen atoms in total. The van der Waals surface area contributed by atoms with Crippen LogP contribution in [0.2, 0.25) is 0 Å². The molecule has 38 heavy (non-hydrogen) atoms. The molecular weight excluding hydrogens is 484 g/mol.